The molecule has 5 N–H and O–H groups in total. The SMILES string of the molecule is C=C/C=C(/c1cc(NC(=O)c2ccnn2C(C)C)c2cn[nH]c2c1)c1cc[nH]c1N. The summed E-state index contributed by atoms with van der Waals surface area (Å²) in [5.41, 5.74) is 10.6. The fourth-order valence-electron chi connectivity index (χ4n) is 3.48. The number of fused-ring (bicyclic) bond motifs is 1. The van der Waals surface area contributed by atoms with E-state index in [1.165, 1.54) is 0 Å². The molecule has 0 spiro atoms. The maximum Gasteiger partial charge on any atom is 0.273 e. The zero-order chi connectivity index (χ0) is 21.3. The van der Waals surface area contributed by atoms with E-state index in [2.05, 4.69) is 32.2 Å². The molecule has 4 rings (SSSR count). The van der Waals surface area contributed by atoms with Gasteiger partial charge in [0.25, 0.3) is 5.91 Å². The fourth-order valence-corrected chi connectivity index (χ4v) is 3.48. The van der Waals surface area contributed by atoms with Crippen LogP contribution in [0.15, 0.2) is 61.6 Å². The number of hydrogen-bond donors (Lipinski definition) is 4. The van der Waals surface area contributed by atoms with Crippen molar-refractivity contribution in [2.75, 3.05) is 11.1 Å². The maximum absolute atomic E-state index is 13.0. The van der Waals surface area contributed by atoms with E-state index in [0.29, 0.717) is 17.2 Å². The predicted octanol–water partition coefficient (Wildman–Crippen LogP) is 4.12. The molecule has 4 aromatic rings. The molecule has 0 unspecified atom stereocenters. The first-order chi connectivity index (χ1) is 14.5. The molecule has 0 saturated heterocycles. The van der Waals surface area contributed by atoms with Crippen LogP contribution in [0.25, 0.3) is 16.5 Å². The average Bonchev–Trinajstić information content (AvgIpc) is 3.46. The number of nitrogens with two attached hydrogens (primary N) is 1. The minimum atomic E-state index is -0.240. The second-order valence-corrected chi connectivity index (χ2v) is 7.18. The zero-order valence-electron chi connectivity index (χ0n) is 16.8. The lowest BCUT2D eigenvalue weighted by Crippen LogP contribution is -2.19. The van der Waals surface area contributed by atoms with E-state index in [1.54, 1.807) is 35.4 Å². The van der Waals surface area contributed by atoms with Gasteiger partial charge in [0.2, 0.25) is 0 Å². The molecular weight excluding hydrogens is 378 g/mol. The lowest BCUT2D eigenvalue weighted by Gasteiger charge is -2.14. The first-order valence-corrected chi connectivity index (χ1v) is 9.58. The summed E-state index contributed by atoms with van der Waals surface area (Å²) in [5, 5.41) is 15.2. The third-order valence-corrected chi connectivity index (χ3v) is 4.86. The molecule has 0 atom stereocenters. The fraction of sp³-hybridized carbons (Fsp3) is 0.136. The van der Waals surface area contributed by atoms with Crippen LogP contribution in [0.5, 0.6) is 0 Å². The standard InChI is InChI=1S/C22H23N7O/c1-4-5-15(16-6-8-24-21(16)23)14-10-18(17-12-25-28-19(17)11-14)27-22(30)20-7-9-26-29(20)13(2)3/h4-13,24H,1,23H2,2-3H3,(H,25,28)(H,27,30)/b15-5-. The summed E-state index contributed by atoms with van der Waals surface area (Å²) in [7, 11) is 0. The highest BCUT2D eigenvalue weighted by Crippen LogP contribution is 2.33. The van der Waals surface area contributed by atoms with Crippen LogP contribution in [0.4, 0.5) is 11.5 Å². The maximum atomic E-state index is 13.0. The normalized spacial score (nSPS) is 11.9. The monoisotopic (exact) mass is 401 g/mol. The van der Waals surface area contributed by atoms with Gasteiger partial charge in [0.05, 0.1) is 17.4 Å². The minimum absolute atomic E-state index is 0.0692. The van der Waals surface area contributed by atoms with Crippen molar-refractivity contribution in [2.45, 2.75) is 19.9 Å². The molecule has 3 aromatic heterocycles. The Morgan fingerprint density at radius 1 is 1.33 bits per heavy atom. The van der Waals surface area contributed by atoms with E-state index >= 15 is 0 Å². The highest BCUT2D eigenvalue weighted by Gasteiger charge is 2.18. The second kappa shape index (κ2) is 7.75. The number of benzene rings is 1. The molecule has 1 aromatic carbocycles. The average molecular weight is 401 g/mol. The third kappa shape index (κ3) is 3.39. The van der Waals surface area contributed by atoms with Crippen LogP contribution in [0.1, 0.15) is 41.5 Å². The number of amides is 1. The molecule has 1 amide bonds. The van der Waals surface area contributed by atoms with E-state index in [0.717, 1.165) is 27.6 Å². The highest BCUT2D eigenvalue weighted by molar-refractivity contribution is 6.09. The Kier molecular flexibility index (Phi) is 4.97. The molecule has 0 radical (unpaired) electrons. The molecule has 0 aliphatic heterocycles. The van der Waals surface area contributed by atoms with Crippen LogP contribution in [0.3, 0.4) is 0 Å². The van der Waals surface area contributed by atoms with Gasteiger partial charge in [-0.2, -0.15) is 10.2 Å². The van der Waals surface area contributed by atoms with Gasteiger partial charge in [-0.05, 0) is 49.2 Å². The van der Waals surface area contributed by atoms with Gasteiger partial charge in [-0.15, -0.1) is 0 Å². The van der Waals surface area contributed by atoms with Crippen molar-refractivity contribution in [3.05, 3.63) is 78.4 Å². The van der Waals surface area contributed by atoms with Crippen molar-refractivity contribution in [2.24, 2.45) is 0 Å². The largest absolute Gasteiger partial charge is 0.385 e. The number of allylic oxidation sites excluding steroid dienone is 2. The van der Waals surface area contributed by atoms with Crippen molar-refractivity contribution in [3.8, 4) is 0 Å². The summed E-state index contributed by atoms with van der Waals surface area (Å²) in [6.07, 6.45) is 8.69. The summed E-state index contributed by atoms with van der Waals surface area (Å²) < 4.78 is 1.69. The third-order valence-electron chi connectivity index (χ3n) is 4.86. The molecule has 0 aliphatic carbocycles. The molecule has 0 saturated carbocycles. The van der Waals surface area contributed by atoms with Gasteiger partial charge in [-0.1, -0.05) is 18.7 Å². The Morgan fingerprint density at radius 3 is 2.87 bits per heavy atom. The number of anilines is 2. The van der Waals surface area contributed by atoms with Crippen LogP contribution in [-0.4, -0.2) is 30.9 Å². The smallest absolute Gasteiger partial charge is 0.273 e. The number of carbonyl (C=O) groups excluding carboxylic acids is 1. The minimum Gasteiger partial charge on any atom is -0.385 e. The molecule has 8 heteroatoms. The Labute approximate surface area is 173 Å². The summed E-state index contributed by atoms with van der Waals surface area (Å²) in [6.45, 7) is 7.78. The molecule has 0 bridgehead atoms. The number of aromatic amines is 2. The molecule has 0 aliphatic rings. The molecule has 8 nitrogen and oxygen atoms in total. The zero-order valence-corrected chi connectivity index (χ0v) is 16.8. The number of carbonyl (C=O) groups is 1. The lowest BCUT2D eigenvalue weighted by atomic mass is 9.97. The first-order valence-electron chi connectivity index (χ1n) is 9.58. The van der Waals surface area contributed by atoms with Gasteiger partial charge in [0.1, 0.15) is 11.5 Å². The number of hydrogen-bond acceptors (Lipinski definition) is 4. The quantitative estimate of drug-likeness (QED) is 0.364. The highest BCUT2D eigenvalue weighted by atomic mass is 16.2. The molecule has 152 valence electrons. The number of nitrogen functional groups attached to an aromatic ring is 1. The summed E-state index contributed by atoms with van der Waals surface area (Å²) in [5.74, 6) is 0.315. The van der Waals surface area contributed by atoms with E-state index in [1.807, 2.05) is 38.1 Å². The van der Waals surface area contributed by atoms with Gasteiger partial charge >= 0.3 is 0 Å². The number of nitrogens with zero attached hydrogens (tertiary/aromatic N) is 3. The Morgan fingerprint density at radius 2 is 2.17 bits per heavy atom. The molecular formula is C22H23N7O. The lowest BCUT2D eigenvalue weighted by molar-refractivity contribution is 0.101. The Balaban J connectivity index is 1.79. The van der Waals surface area contributed by atoms with Gasteiger partial charge in [-0.25, -0.2) is 0 Å². The predicted molar refractivity (Wildman–Crippen MR) is 119 cm³/mol. The Hall–Kier alpha value is -4.07. The summed E-state index contributed by atoms with van der Waals surface area (Å²) in [6, 6.07) is 7.56. The van der Waals surface area contributed by atoms with Gasteiger partial charge in [0, 0.05) is 29.4 Å². The van der Waals surface area contributed by atoms with E-state index in [9.17, 15) is 4.79 Å². The van der Waals surface area contributed by atoms with Crippen molar-refractivity contribution in [1.29, 1.82) is 0 Å². The number of H-pyrrole nitrogens is 2. The van der Waals surface area contributed by atoms with Crippen molar-refractivity contribution >= 4 is 33.9 Å². The van der Waals surface area contributed by atoms with E-state index in [-0.39, 0.29) is 11.9 Å². The molecule has 3 heterocycles. The first kappa shape index (κ1) is 19.3. The Bertz CT molecular complexity index is 1260. The molecule has 0 fully saturated rings. The number of nitrogens with one attached hydrogen (secondary N) is 3. The summed E-state index contributed by atoms with van der Waals surface area (Å²) in [4.78, 5) is 16.0. The van der Waals surface area contributed by atoms with Crippen LogP contribution >= 0.6 is 0 Å². The van der Waals surface area contributed by atoms with Gasteiger partial charge in [0.15, 0.2) is 0 Å². The van der Waals surface area contributed by atoms with E-state index < -0.39 is 0 Å². The molecule has 30 heavy (non-hydrogen) atoms. The van der Waals surface area contributed by atoms with Crippen LogP contribution < -0.4 is 11.1 Å². The van der Waals surface area contributed by atoms with Crippen LogP contribution in [0, 0.1) is 0 Å². The number of rotatable bonds is 6. The second-order valence-electron chi connectivity index (χ2n) is 7.18. The van der Waals surface area contributed by atoms with Crippen LogP contribution in [0.2, 0.25) is 0 Å². The van der Waals surface area contributed by atoms with Gasteiger partial charge < -0.3 is 16.0 Å². The van der Waals surface area contributed by atoms with Crippen molar-refractivity contribution in [3.63, 3.8) is 0 Å². The number of aromatic nitrogens is 5. The van der Waals surface area contributed by atoms with Gasteiger partial charge in [-0.3, -0.25) is 14.6 Å². The van der Waals surface area contributed by atoms with Crippen molar-refractivity contribution in [1.82, 2.24) is 25.0 Å². The van der Waals surface area contributed by atoms with Crippen LogP contribution in [-0.2, 0) is 0 Å². The summed E-state index contributed by atoms with van der Waals surface area (Å²) >= 11 is 0. The van der Waals surface area contributed by atoms with E-state index in [4.69, 9.17) is 5.73 Å². The van der Waals surface area contributed by atoms with Crippen molar-refractivity contribution < 1.29 is 4.79 Å². The topological polar surface area (TPSA) is 117 Å².